The number of rotatable bonds is 2. The monoisotopic (exact) mass is 208 g/mol. The first-order valence-corrected chi connectivity index (χ1v) is 4.90. The summed E-state index contributed by atoms with van der Waals surface area (Å²) in [7, 11) is 0. The number of hydrogen-bond donors (Lipinski definition) is 1. The first-order valence-electron chi connectivity index (χ1n) is 4.90. The molecule has 15 heavy (non-hydrogen) atoms. The van der Waals surface area contributed by atoms with Crippen LogP contribution in [0.5, 0.6) is 0 Å². The van der Waals surface area contributed by atoms with Gasteiger partial charge in [0.25, 0.3) is 0 Å². The first-order chi connectivity index (χ1) is 6.91. The second-order valence-electron chi connectivity index (χ2n) is 3.82. The van der Waals surface area contributed by atoms with E-state index in [1.54, 1.807) is 26.0 Å². The summed E-state index contributed by atoms with van der Waals surface area (Å²) in [6.45, 7) is 7.07. The van der Waals surface area contributed by atoms with Crippen molar-refractivity contribution >= 4 is 5.57 Å². The highest BCUT2D eigenvalue weighted by Crippen LogP contribution is 2.17. The van der Waals surface area contributed by atoms with Gasteiger partial charge in [-0.05, 0) is 51.0 Å². The molecule has 1 heterocycles. The van der Waals surface area contributed by atoms with E-state index in [-0.39, 0.29) is 5.63 Å². The van der Waals surface area contributed by atoms with Crippen molar-refractivity contribution in [3.63, 3.8) is 0 Å². The van der Waals surface area contributed by atoms with Crippen molar-refractivity contribution in [2.24, 2.45) is 0 Å². The van der Waals surface area contributed by atoms with Crippen LogP contribution in [0.3, 0.4) is 0 Å². The molecule has 0 aliphatic carbocycles. The van der Waals surface area contributed by atoms with Gasteiger partial charge in [0.2, 0.25) is 0 Å². The molecule has 0 saturated carbocycles. The highest BCUT2D eigenvalue weighted by atomic mass is 16.4. The van der Waals surface area contributed by atoms with Crippen LogP contribution in [0.1, 0.15) is 30.7 Å². The van der Waals surface area contributed by atoms with Gasteiger partial charge in [-0.3, -0.25) is 0 Å². The highest BCUT2D eigenvalue weighted by molar-refractivity contribution is 5.62. The van der Waals surface area contributed by atoms with Gasteiger partial charge in [0.05, 0.1) is 6.10 Å². The summed E-state index contributed by atoms with van der Waals surface area (Å²) in [6.07, 6.45) is 1.11. The lowest BCUT2D eigenvalue weighted by molar-refractivity contribution is 0.244. The minimum absolute atomic E-state index is 0.325. The van der Waals surface area contributed by atoms with E-state index in [1.807, 2.05) is 13.8 Å². The third-order valence-corrected chi connectivity index (χ3v) is 2.16. The standard InChI is InChI=1S/C12H16O3/c1-7-5-9(3)12(14)15-11(7)8(2)6-10(4)13/h5-6,10,13H,1-4H3/b8-6+. The molecule has 0 amide bonds. The van der Waals surface area contributed by atoms with E-state index >= 15 is 0 Å². The molecule has 1 aromatic rings. The maximum absolute atomic E-state index is 11.3. The topological polar surface area (TPSA) is 50.4 Å². The summed E-state index contributed by atoms with van der Waals surface area (Å²) in [5.41, 5.74) is 1.95. The molecule has 0 spiro atoms. The number of aliphatic hydroxyl groups excluding tert-OH is 1. The van der Waals surface area contributed by atoms with E-state index in [0.717, 1.165) is 11.1 Å². The maximum Gasteiger partial charge on any atom is 0.339 e. The molecule has 1 rings (SSSR count). The fourth-order valence-electron chi connectivity index (χ4n) is 1.53. The van der Waals surface area contributed by atoms with E-state index in [2.05, 4.69) is 0 Å². The van der Waals surface area contributed by atoms with Gasteiger partial charge < -0.3 is 9.52 Å². The summed E-state index contributed by atoms with van der Waals surface area (Å²) in [5, 5.41) is 9.20. The average Bonchev–Trinajstić information content (AvgIpc) is 2.09. The third kappa shape index (κ3) is 2.80. The van der Waals surface area contributed by atoms with Crippen LogP contribution in [0.15, 0.2) is 21.4 Å². The molecule has 0 bridgehead atoms. The molecule has 0 saturated heterocycles. The zero-order chi connectivity index (χ0) is 11.6. The van der Waals surface area contributed by atoms with Crippen LogP contribution in [-0.4, -0.2) is 11.2 Å². The van der Waals surface area contributed by atoms with Gasteiger partial charge in [0, 0.05) is 5.56 Å². The molecule has 0 fully saturated rings. The average molecular weight is 208 g/mol. The van der Waals surface area contributed by atoms with Gasteiger partial charge in [0.15, 0.2) is 0 Å². The van der Waals surface area contributed by atoms with Crippen LogP contribution in [0.2, 0.25) is 0 Å². The molecule has 1 aromatic heterocycles. The van der Waals surface area contributed by atoms with E-state index in [9.17, 15) is 9.90 Å². The molecule has 3 nitrogen and oxygen atoms in total. The quantitative estimate of drug-likeness (QED) is 0.809. The molecule has 0 aliphatic rings. The summed E-state index contributed by atoms with van der Waals surface area (Å²) in [6, 6.07) is 1.79. The Morgan fingerprint density at radius 2 is 2.07 bits per heavy atom. The largest absolute Gasteiger partial charge is 0.423 e. The highest BCUT2D eigenvalue weighted by Gasteiger charge is 2.07. The maximum atomic E-state index is 11.3. The lowest BCUT2D eigenvalue weighted by Gasteiger charge is -2.06. The van der Waals surface area contributed by atoms with Crippen LogP contribution in [0.25, 0.3) is 5.57 Å². The Morgan fingerprint density at radius 3 is 2.60 bits per heavy atom. The predicted molar refractivity (Wildman–Crippen MR) is 59.8 cm³/mol. The van der Waals surface area contributed by atoms with Crippen molar-refractivity contribution in [1.29, 1.82) is 0 Å². The second-order valence-corrected chi connectivity index (χ2v) is 3.82. The van der Waals surface area contributed by atoms with Gasteiger partial charge in [-0.15, -0.1) is 0 Å². The molecule has 0 aliphatic heterocycles. The van der Waals surface area contributed by atoms with Gasteiger partial charge in [-0.25, -0.2) is 4.79 Å². The second kappa shape index (κ2) is 4.45. The number of aryl methyl sites for hydroxylation is 2. The smallest absolute Gasteiger partial charge is 0.339 e. The van der Waals surface area contributed by atoms with Crippen molar-refractivity contribution in [2.75, 3.05) is 0 Å². The fourth-order valence-corrected chi connectivity index (χ4v) is 1.53. The Morgan fingerprint density at radius 1 is 1.47 bits per heavy atom. The number of hydrogen-bond acceptors (Lipinski definition) is 3. The molecule has 82 valence electrons. The van der Waals surface area contributed by atoms with E-state index < -0.39 is 6.10 Å². The first kappa shape index (κ1) is 11.7. The SMILES string of the molecule is C/C(=C\C(C)O)c1oc(=O)c(C)cc1C. The van der Waals surface area contributed by atoms with Gasteiger partial charge in [0.1, 0.15) is 5.76 Å². The Hall–Kier alpha value is -1.35. The zero-order valence-corrected chi connectivity index (χ0v) is 9.50. The normalized spacial score (nSPS) is 14.1. The van der Waals surface area contributed by atoms with Crippen LogP contribution >= 0.6 is 0 Å². The Kier molecular flexibility index (Phi) is 3.48. The molecular weight excluding hydrogens is 192 g/mol. The molecular formula is C12H16O3. The zero-order valence-electron chi connectivity index (χ0n) is 9.50. The lowest BCUT2D eigenvalue weighted by Crippen LogP contribution is -2.06. The van der Waals surface area contributed by atoms with Crippen molar-refractivity contribution in [3.05, 3.63) is 39.4 Å². The molecule has 0 aromatic carbocycles. The number of allylic oxidation sites excluding steroid dienone is 1. The Bertz CT molecular complexity index is 439. The molecule has 3 heteroatoms. The molecule has 1 atom stereocenters. The van der Waals surface area contributed by atoms with Crippen LogP contribution < -0.4 is 5.63 Å². The van der Waals surface area contributed by atoms with Crippen molar-refractivity contribution in [3.8, 4) is 0 Å². The predicted octanol–water partition coefficient (Wildman–Crippen LogP) is 2.04. The summed E-state index contributed by atoms with van der Waals surface area (Å²) in [5.74, 6) is 0.548. The lowest BCUT2D eigenvalue weighted by atomic mass is 10.1. The molecule has 1 N–H and O–H groups in total. The summed E-state index contributed by atoms with van der Waals surface area (Å²) in [4.78, 5) is 11.3. The minimum atomic E-state index is -0.545. The van der Waals surface area contributed by atoms with Gasteiger partial charge >= 0.3 is 5.63 Å². The number of aliphatic hydroxyl groups is 1. The van der Waals surface area contributed by atoms with Gasteiger partial charge in [-0.1, -0.05) is 0 Å². The van der Waals surface area contributed by atoms with E-state index in [1.165, 1.54) is 0 Å². The summed E-state index contributed by atoms with van der Waals surface area (Å²) < 4.78 is 5.17. The van der Waals surface area contributed by atoms with Crippen LogP contribution in [0, 0.1) is 13.8 Å². The Labute approximate surface area is 89.1 Å². The van der Waals surface area contributed by atoms with E-state index in [0.29, 0.717) is 11.3 Å². The van der Waals surface area contributed by atoms with E-state index in [4.69, 9.17) is 4.42 Å². The van der Waals surface area contributed by atoms with Crippen LogP contribution in [0.4, 0.5) is 0 Å². The molecule has 1 unspecified atom stereocenters. The fraction of sp³-hybridized carbons (Fsp3) is 0.417. The van der Waals surface area contributed by atoms with Crippen molar-refractivity contribution < 1.29 is 9.52 Å². The van der Waals surface area contributed by atoms with Crippen LogP contribution in [-0.2, 0) is 0 Å². The van der Waals surface area contributed by atoms with Gasteiger partial charge in [-0.2, -0.15) is 0 Å². The van der Waals surface area contributed by atoms with Crippen molar-refractivity contribution in [1.82, 2.24) is 0 Å². The third-order valence-electron chi connectivity index (χ3n) is 2.16. The molecule has 0 radical (unpaired) electrons. The Balaban J connectivity index is 3.27. The minimum Gasteiger partial charge on any atom is -0.423 e. The summed E-state index contributed by atoms with van der Waals surface area (Å²) >= 11 is 0. The van der Waals surface area contributed by atoms with Crippen molar-refractivity contribution in [2.45, 2.75) is 33.8 Å².